The number of furan rings is 1. The van der Waals surface area contributed by atoms with Gasteiger partial charge in [-0.15, -0.1) is 0 Å². The summed E-state index contributed by atoms with van der Waals surface area (Å²) in [5.74, 6) is 2.45. The van der Waals surface area contributed by atoms with E-state index in [1.165, 1.54) is 6.07 Å². The average Bonchev–Trinajstić information content (AvgIpc) is 3.45. The Balaban J connectivity index is 1.40. The first kappa shape index (κ1) is 17.6. The van der Waals surface area contributed by atoms with E-state index in [9.17, 15) is 8.78 Å². The topological polar surface area (TPSA) is 44.1 Å². The molecule has 0 radical (unpaired) electrons. The Morgan fingerprint density at radius 1 is 0.900 bits per heavy atom. The molecule has 4 heterocycles. The summed E-state index contributed by atoms with van der Waals surface area (Å²) in [5, 5.41) is 0. The largest absolute Gasteiger partial charge is 0.492 e. The highest BCUT2D eigenvalue weighted by Crippen LogP contribution is 2.54. The molecule has 2 aromatic carbocycles. The number of rotatable bonds is 3. The molecular formula is C23H19F2NO4. The number of hydrogen-bond donors (Lipinski definition) is 0. The SMILES string of the molecule is FC(F)c1ccc(CN2CC3(COc4cc5c(cc43)OCCO5)c3ccccc32)o1. The van der Waals surface area contributed by atoms with E-state index in [0.717, 1.165) is 28.3 Å². The normalized spacial score (nSPS) is 21.1. The fourth-order valence-electron chi connectivity index (χ4n) is 4.77. The Labute approximate surface area is 171 Å². The molecule has 3 aromatic rings. The van der Waals surface area contributed by atoms with E-state index in [0.29, 0.717) is 44.4 Å². The summed E-state index contributed by atoms with van der Waals surface area (Å²) in [4.78, 5) is 2.17. The molecule has 0 bridgehead atoms. The molecule has 6 rings (SSSR count). The molecule has 1 atom stereocenters. The van der Waals surface area contributed by atoms with Crippen LogP contribution in [-0.4, -0.2) is 26.4 Å². The first-order valence-corrected chi connectivity index (χ1v) is 9.92. The predicted molar refractivity (Wildman–Crippen MR) is 105 cm³/mol. The van der Waals surface area contributed by atoms with Crippen molar-refractivity contribution in [2.45, 2.75) is 18.4 Å². The fraction of sp³-hybridized carbons (Fsp3) is 0.304. The maximum absolute atomic E-state index is 12.9. The smallest absolute Gasteiger partial charge is 0.295 e. The number of ether oxygens (including phenoxy) is 3. The van der Waals surface area contributed by atoms with Gasteiger partial charge in [0, 0.05) is 23.9 Å². The van der Waals surface area contributed by atoms with Crippen molar-refractivity contribution in [2.24, 2.45) is 0 Å². The van der Waals surface area contributed by atoms with E-state index in [1.54, 1.807) is 6.07 Å². The zero-order valence-corrected chi connectivity index (χ0v) is 16.1. The van der Waals surface area contributed by atoms with E-state index in [2.05, 4.69) is 17.0 Å². The molecule has 0 N–H and O–H groups in total. The molecule has 3 aliphatic rings. The summed E-state index contributed by atoms with van der Waals surface area (Å²) in [6, 6.07) is 15.1. The van der Waals surface area contributed by atoms with Crippen LogP contribution >= 0.6 is 0 Å². The minimum atomic E-state index is -2.61. The first-order chi connectivity index (χ1) is 14.6. The monoisotopic (exact) mass is 411 g/mol. The maximum atomic E-state index is 12.9. The second kappa shape index (κ2) is 6.39. The molecule has 5 nitrogen and oxygen atoms in total. The van der Waals surface area contributed by atoms with Gasteiger partial charge < -0.3 is 23.5 Å². The van der Waals surface area contributed by atoms with Gasteiger partial charge in [0.25, 0.3) is 6.43 Å². The fourth-order valence-corrected chi connectivity index (χ4v) is 4.77. The summed E-state index contributed by atoms with van der Waals surface area (Å²) in [6.07, 6.45) is -2.61. The minimum Gasteiger partial charge on any atom is -0.492 e. The Morgan fingerprint density at radius 3 is 2.50 bits per heavy atom. The van der Waals surface area contributed by atoms with Gasteiger partial charge >= 0.3 is 0 Å². The van der Waals surface area contributed by atoms with Crippen LogP contribution in [0.3, 0.4) is 0 Å². The van der Waals surface area contributed by atoms with Crippen molar-refractivity contribution in [2.75, 3.05) is 31.3 Å². The lowest BCUT2D eigenvalue weighted by atomic mass is 9.77. The Kier molecular flexibility index (Phi) is 3.75. The lowest BCUT2D eigenvalue weighted by Gasteiger charge is -2.26. The summed E-state index contributed by atoms with van der Waals surface area (Å²) in [7, 11) is 0. The van der Waals surface area contributed by atoms with Gasteiger partial charge in [-0.25, -0.2) is 8.78 Å². The van der Waals surface area contributed by atoms with Crippen LogP contribution in [0.25, 0.3) is 0 Å². The summed E-state index contributed by atoms with van der Waals surface area (Å²) < 4.78 is 48.8. The highest BCUT2D eigenvalue weighted by molar-refractivity contribution is 5.70. The van der Waals surface area contributed by atoms with Crippen LogP contribution < -0.4 is 19.1 Å². The summed E-state index contributed by atoms with van der Waals surface area (Å²) in [5.41, 5.74) is 2.91. The number of fused-ring (bicyclic) bond motifs is 5. The number of halogens is 2. The second-order valence-corrected chi connectivity index (χ2v) is 7.84. The summed E-state index contributed by atoms with van der Waals surface area (Å²) in [6.45, 7) is 2.61. The van der Waals surface area contributed by atoms with Gasteiger partial charge in [-0.2, -0.15) is 0 Å². The maximum Gasteiger partial charge on any atom is 0.295 e. The number of anilines is 1. The number of hydrogen-bond acceptors (Lipinski definition) is 5. The number of alkyl halides is 2. The average molecular weight is 411 g/mol. The Hall–Kier alpha value is -3.22. The van der Waals surface area contributed by atoms with E-state index >= 15 is 0 Å². The standard InChI is InChI=1S/C23H19F2NO4/c24-22(25)18-6-5-14(30-18)11-26-12-23(15-3-1-2-4-17(15)26)13-29-19-10-21-20(9-16(19)23)27-7-8-28-21/h1-6,9-10,22H,7-8,11-13H2. The van der Waals surface area contributed by atoms with E-state index in [4.69, 9.17) is 18.6 Å². The molecular weight excluding hydrogens is 392 g/mol. The lowest BCUT2D eigenvalue weighted by Crippen LogP contribution is -2.35. The van der Waals surface area contributed by atoms with Gasteiger partial charge in [0.2, 0.25) is 0 Å². The van der Waals surface area contributed by atoms with Gasteiger partial charge in [-0.05, 0) is 29.8 Å². The van der Waals surface area contributed by atoms with Gasteiger partial charge in [0.1, 0.15) is 31.3 Å². The molecule has 1 spiro atoms. The van der Waals surface area contributed by atoms with E-state index in [1.807, 2.05) is 24.3 Å². The number of benzene rings is 2. The van der Waals surface area contributed by atoms with Crippen molar-refractivity contribution in [3.8, 4) is 17.2 Å². The first-order valence-electron chi connectivity index (χ1n) is 9.92. The van der Waals surface area contributed by atoms with Gasteiger partial charge in [-0.1, -0.05) is 18.2 Å². The molecule has 7 heteroatoms. The van der Waals surface area contributed by atoms with Crippen LogP contribution in [0.1, 0.15) is 29.1 Å². The molecule has 1 unspecified atom stereocenters. The molecule has 0 amide bonds. The van der Waals surface area contributed by atoms with Crippen LogP contribution in [0.2, 0.25) is 0 Å². The van der Waals surface area contributed by atoms with Crippen molar-refractivity contribution in [1.82, 2.24) is 0 Å². The molecule has 0 saturated carbocycles. The van der Waals surface area contributed by atoms with Gasteiger partial charge in [0.15, 0.2) is 17.3 Å². The molecule has 154 valence electrons. The molecule has 0 saturated heterocycles. The molecule has 0 fully saturated rings. The third kappa shape index (κ3) is 2.51. The van der Waals surface area contributed by atoms with Crippen LogP contribution in [0.4, 0.5) is 14.5 Å². The predicted octanol–water partition coefficient (Wildman–Crippen LogP) is 4.69. The highest BCUT2D eigenvalue weighted by atomic mass is 19.3. The van der Waals surface area contributed by atoms with Gasteiger partial charge in [0.05, 0.1) is 12.0 Å². The highest BCUT2D eigenvalue weighted by Gasteiger charge is 2.50. The Morgan fingerprint density at radius 2 is 1.70 bits per heavy atom. The van der Waals surface area contributed by atoms with Crippen LogP contribution in [0.15, 0.2) is 52.9 Å². The number of para-hydroxylation sites is 1. The minimum absolute atomic E-state index is 0.300. The quantitative estimate of drug-likeness (QED) is 0.626. The van der Waals surface area contributed by atoms with Gasteiger partial charge in [-0.3, -0.25) is 0 Å². The third-order valence-corrected chi connectivity index (χ3v) is 6.10. The van der Waals surface area contributed by atoms with Crippen LogP contribution in [0, 0.1) is 0 Å². The Bertz CT molecular complexity index is 1130. The molecule has 30 heavy (non-hydrogen) atoms. The van der Waals surface area contributed by atoms with Crippen molar-refractivity contribution in [3.63, 3.8) is 0 Å². The lowest BCUT2D eigenvalue weighted by molar-refractivity contribution is 0.120. The van der Waals surface area contributed by atoms with E-state index < -0.39 is 6.43 Å². The third-order valence-electron chi connectivity index (χ3n) is 6.10. The zero-order valence-electron chi connectivity index (χ0n) is 16.1. The number of nitrogens with zero attached hydrogens (tertiary/aromatic N) is 1. The molecule has 3 aliphatic heterocycles. The molecule has 1 aromatic heterocycles. The zero-order chi connectivity index (χ0) is 20.3. The molecule has 0 aliphatic carbocycles. The van der Waals surface area contributed by atoms with Crippen LogP contribution in [-0.2, 0) is 12.0 Å². The van der Waals surface area contributed by atoms with Crippen LogP contribution in [0.5, 0.6) is 17.2 Å². The van der Waals surface area contributed by atoms with E-state index in [-0.39, 0.29) is 11.2 Å². The second-order valence-electron chi connectivity index (χ2n) is 7.84. The van der Waals surface area contributed by atoms with Crippen molar-refractivity contribution >= 4 is 5.69 Å². The van der Waals surface area contributed by atoms with Crippen molar-refractivity contribution in [3.05, 3.63) is 71.2 Å². The van der Waals surface area contributed by atoms with Crippen molar-refractivity contribution in [1.29, 1.82) is 0 Å². The summed E-state index contributed by atoms with van der Waals surface area (Å²) >= 11 is 0. The van der Waals surface area contributed by atoms with Crippen molar-refractivity contribution < 1.29 is 27.4 Å².